The Morgan fingerprint density at radius 1 is 0.538 bits per heavy atom. The normalized spacial score (nSPS) is 29.7. The lowest BCUT2D eigenvalue weighted by Crippen LogP contribution is -2.65. The smallest absolute Gasteiger partial charge is 0.333 e. The maximum Gasteiger partial charge on any atom is 0.333 e. The van der Waals surface area contributed by atoms with Crippen LogP contribution in [0.4, 0.5) is 0 Å². The zero-order valence-electron chi connectivity index (χ0n) is 74.9. The molecule has 2 bridgehead atoms. The van der Waals surface area contributed by atoms with Crippen molar-refractivity contribution in [2.45, 2.75) is 221 Å². The molecular formula is C95H118N14O19S2. The average molecular weight is 1820 g/mol. The molecule has 9 aliphatic rings. The third-order valence-electron chi connectivity index (χ3n) is 26.9. The minimum absolute atomic E-state index is 0.0197. The van der Waals surface area contributed by atoms with Crippen LogP contribution in [0.25, 0.3) is 0 Å². The number of aromatic hydroxyl groups is 1. The molecule has 14 rings (SSSR count). The Hall–Kier alpha value is -11.6. The number of piperidine rings is 5. The molecule has 9 fully saturated rings. The average Bonchev–Trinajstić information content (AvgIpc) is 0.980. The summed E-state index contributed by atoms with van der Waals surface area (Å²) in [6.07, 6.45) is -0.629. The van der Waals surface area contributed by atoms with Crippen LogP contribution in [-0.4, -0.2) is 293 Å². The number of aromatic nitrogens is 1. The van der Waals surface area contributed by atoms with Gasteiger partial charge in [-0.05, 0) is 139 Å². The Kier molecular flexibility index (Phi) is 31.4. The number of carbonyl (C=O) groups excluding carboxylic acids is 16. The van der Waals surface area contributed by atoms with E-state index in [0.717, 1.165) is 55.4 Å². The second kappa shape index (κ2) is 42.5. The number of rotatable bonds is 19. The number of cyclic esters (lactones) is 2. The molecule has 0 spiro atoms. The quantitative estimate of drug-likeness (QED) is 0.0444. The van der Waals surface area contributed by atoms with Gasteiger partial charge in [-0.25, -0.2) is 14.6 Å². The number of aryl methyl sites for hydroxylation is 2. The highest BCUT2D eigenvalue weighted by Crippen LogP contribution is 2.39. The monoisotopic (exact) mass is 1820 g/mol. The van der Waals surface area contributed by atoms with Gasteiger partial charge >= 0.3 is 11.9 Å². The molecule has 9 aliphatic heterocycles. The number of carbonyl (C=O) groups is 16. The van der Waals surface area contributed by atoms with Crippen LogP contribution in [0, 0.1) is 31.6 Å². The molecule has 7 N–H and O–H groups in total. The van der Waals surface area contributed by atoms with Crippen molar-refractivity contribution < 1.29 is 91.3 Å². The third-order valence-corrected chi connectivity index (χ3v) is 29.6. The van der Waals surface area contributed by atoms with E-state index in [4.69, 9.17) is 9.47 Å². The Morgan fingerprint density at radius 2 is 1.03 bits per heavy atom. The summed E-state index contributed by atoms with van der Waals surface area (Å²) in [5.41, 5.74) is 1.14. The van der Waals surface area contributed by atoms with Crippen LogP contribution < -0.4 is 31.9 Å². The largest absolute Gasteiger partial charge is 0.505 e. The molecule has 694 valence electrons. The van der Waals surface area contributed by atoms with Crippen molar-refractivity contribution in [1.29, 1.82) is 0 Å². The van der Waals surface area contributed by atoms with Gasteiger partial charge in [0.15, 0.2) is 17.8 Å². The van der Waals surface area contributed by atoms with E-state index in [9.17, 15) is 24.3 Å². The number of hydrogen-bond acceptors (Lipinski definition) is 23. The summed E-state index contributed by atoms with van der Waals surface area (Å²) >= 11 is 2.80. The van der Waals surface area contributed by atoms with Gasteiger partial charge in [0.25, 0.3) is 5.91 Å². The fourth-order valence-corrected chi connectivity index (χ4v) is 21.5. The van der Waals surface area contributed by atoms with Crippen LogP contribution in [0.15, 0.2) is 128 Å². The van der Waals surface area contributed by atoms with Crippen LogP contribution in [0.5, 0.6) is 5.75 Å². The molecule has 33 nitrogen and oxygen atoms in total. The highest BCUT2D eigenvalue weighted by molar-refractivity contribution is 8.00. The van der Waals surface area contributed by atoms with E-state index in [1.54, 1.807) is 86.3 Å². The first-order valence-electron chi connectivity index (χ1n) is 45.1. The van der Waals surface area contributed by atoms with E-state index in [1.807, 2.05) is 50.2 Å². The van der Waals surface area contributed by atoms with Crippen molar-refractivity contribution in [2.75, 3.05) is 77.2 Å². The molecular weight excluding hydrogens is 1710 g/mol. The lowest BCUT2D eigenvalue weighted by atomic mass is 9.88. The molecule has 0 radical (unpaired) electrons. The van der Waals surface area contributed by atoms with E-state index in [2.05, 4.69) is 41.8 Å². The summed E-state index contributed by atoms with van der Waals surface area (Å²) in [6.45, 7) is 13.5. The van der Waals surface area contributed by atoms with Crippen molar-refractivity contribution in [3.8, 4) is 5.75 Å². The number of ether oxygens (including phenoxy) is 2. The zero-order chi connectivity index (χ0) is 93.1. The molecule has 4 aromatic carbocycles. The number of nitrogens with one attached hydrogen (secondary N) is 6. The van der Waals surface area contributed by atoms with Gasteiger partial charge in [0.2, 0.25) is 65.0 Å². The van der Waals surface area contributed by atoms with Crippen LogP contribution in [0.1, 0.15) is 161 Å². The molecule has 1 aromatic heterocycles. The van der Waals surface area contributed by atoms with Crippen molar-refractivity contribution in [3.63, 3.8) is 0 Å². The molecule has 0 saturated carbocycles. The van der Waals surface area contributed by atoms with Crippen LogP contribution >= 0.6 is 23.5 Å². The second-order valence-corrected chi connectivity index (χ2v) is 38.2. The number of hydrogen-bond donors (Lipinski definition) is 7. The molecule has 0 aliphatic carbocycles. The number of fused-ring (bicyclic) bond motifs is 7. The van der Waals surface area contributed by atoms with Gasteiger partial charge in [0.1, 0.15) is 89.4 Å². The van der Waals surface area contributed by atoms with Gasteiger partial charge in [-0.3, -0.25) is 67.1 Å². The Balaban J connectivity index is 0.778. The topological polar surface area (TPSA) is 420 Å². The number of amides is 12. The SMILES string of the molecule is CC[C@@H]1NC(=O)[C@@H](NC(=O)CCSCC2CN3C(=O)[C@H](Cc4ccc(C)cc4)N(C)C(=O)[C@@H]4CCCN4C(=O)[C@](C)(CC)NC(=O)[C@@H](NC(=O)c4ncccc4O)[C@@H](C)OC(=O)[C@H](c4ccccc4)NC(=O)[C@@H]3CC2=O)[C@@H](C)OC(=O)[C@H](c2ccccc2)NC(=O)[C@@H]2CC(=O)[C@H](CSC3CN4CCC3CC4)CN2C(=O)[C@H](Cc2ccc(C)cc2)N(C)C(=O)[C@@H]2CCCN2C1=O. The Labute approximate surface area is 764 Å². The third kappa shape index (κ3) is 22.0. The van der Waals surface area contributed by atoms with Gasteiger partial charge in [0.05, 0.1) is 0 Å². The first kappa shape index (κ1) is 96.0. The molecule has 35 heteroatoms. The van der Waals surface area contributed by atoms with Gasteiger partial charge in [0, 0.05) is 119 Å². The number of nitrogens with zero attached hydrogens (tertiary/aromatic N) is 8. The molecule has 5 aromatic rings. The molecule has 10 heterocycles. The fourth-order valence-electron chi connectivity index (χ4n) is 18.8. The van der Waals surface area contributed by atoms with E-state index >= 15 is 57.5 Å². The van der Waals surface area contributed by atoms with Gasteiger partial charge in [-0.2, -0.15) is 23.5 Å². The molecule has 12 amide bonds. The van der Waals surface area contributed by atoms with E-state index in [-0.39, 0.29) is 98.2 Å². The predicted octanol–water partition coefficient (Wildman–Crippen LogP) is 4.42. The fraction of sp³-hybridized carbons (Fsp3) is 0.526. The highest BCUT2D eigenvalue weighted by Gasteiger charge is 2.53. The number of benzene rings is 4. The molecule has 9 saturated heterocycles. The number of ketones is 2. The van der Waals surface area contributed by atoms with E-state index in [0.29, 0.717) is 35.6 Å². The highest BCUT2D eigenvalue weighted by atomic mass is 32.2. The maximum absolute atomic E-state index is 16.2. The first-order valence-corrected chi connectivity index (χ1v) is 47.3. The summed E-state index contributed by atoms with van der Waals surface area (Å²) in [5, 5.41) is 27.3. The number of esters is 2. The van der Waals surface area contributed by atoms with E-state index in [1.165, 1.54) is 94.7 Å². The molecule has 130 heavy (non-hydrogen) atoms. The van der Waals surface area contributed by atoms with Gasteiger partial charge < -0.3 is 80.8 Å². The van der Waals surface area contributed by atoms with Gasteiger partial charge in [-0.1, -0.05) is 134 Å². The Bertz CT molecular complexity index is 5070. The van der Waals surface area contributed by atoms with Crippen molar-refractivity contribution >= 4 is 118 Å². The van der Waals surface area contributed by atoms with Crippen LogP contribution in [-0.2, 0) is 94.2 Å². The van der Waals surface area contributed by atoms with Crippen molar-refractivity contribution in [2.24, 2.45) is 17.8 Å². The lowest BCUT2D eigenvalue weighted by molar-refractivity contribution is -0.158. The lowest BCUT2D eigenvalue weighted by Gasteiger charge is -2.45. The Morgan fingerprint density at radius 3 is 1.52 bits per heavy atom. The van der Waals surface area contributed by atoms with E-state index < -0.39 is 215 Å². The summed E-state index contributed by atoms with van der Waals surface area (Å²) in [7, 11) is 2.90. The number of pyridine rings is 1. The molecule has 2 unspecified atom stereocenters. The minimum Gasteiger partial charge on any atom is -0.505 e. The second-order valence-electron chi connectivity index (χ2n) is 35.7. The van der Waals surface area contributed by atoms with Gasteiger partial charge in [-0.15, -0.1) is 0 Å². The first-order chi connectivity index (χ1) is 62.2. The van der Waals surface area contributed by atoms with Crippen LogP contribution in [0.2, 0.25) is 0 Å². The van der Waals surface area contributed by atoms with Crippen molar-refractivity contribution in [1.82, 2.24) is 71.2 Å². The zero-order valence-corrected chi connectivity index (χ0v) is 76.5. The maximum atomic E-state index is 16.2. The number of Topliss-reactive ketones (excluding diaryl/α,β-unsaturated/α-hetero) is 2. The van der Waals surface area contributed by atoms with Crippen molar-refractivity contribution in [3.05, 3.63) is 167 Å². The summed E-state index contributed by atoms with van der Waals surface area (Å²) < 4.78 is 12.3. The van der Waals surface area contributed by atoms with Crippen LogP contribution in [0.3, 0.4) is 0 Å². The summed E-state index contributed by atoms with van der Waals surface area (Å²) in [5.74, 6) is -14.5. The minimum atomic E-state index is -1.83. The number of thioether (sulfide) groups is 2. The number of likely N-dealkylation sites (N-methyl/N-ethyl adjacent to an activating group) is 2. The predicted molar refractivity (Wildman–Crippen MR) is 481 cm³/mol. The standard InChI is InChI=1S/C95H118N14O19S2/c1-10-65-87(119)106-40-19-25-66(106)88(120)103(8)70(45-58-32-28-54(3)29-33-58)91(123)109-50-64(53-130-75-51-105-42-36-60(75)37-43-105)74(112)48-69(109)83(115)100-79(61-21-14-12-15-22-61)92(124)127-56(5)77(84(116)97-65)98-76(113)38-44-129-52-63-49-108-68(47-73(63)111)82(114)101-80(62-23-16-13-17-24-62)93(125)128-57(6)78(99-85(117)81-72(110)27-18-39-96-81)86(118)102-95(7,11-2)94(126)107-41-20-26-67(107)89(121)104(9)71(90(108)122)46-59-34-30-55(4)31-35-59/h12-18,21-24,27-35,39,56-57,60,63-71,75,77-80,110H,10-11,19-20,25-26,36-38,40-53H2,1-9H3,(H,97,116)(H,98,113)(H,99,117)(H,100,115)(H,101,114)(H,102,118)/t56-,57-,63?,64+,65+,66+,67+,68+,69+,70+,71+,75?,77+,78+,79+,80+,95+/m1/s1. The summed E-state index contributed by atoms with van der Waals surface area (Å²) in [6, 6.07) is 16.4. The summed E-state index contributed by atoms with van der Waals surface area (Å²) in [4.78, 5) is 258. The molecule has 17 atom stereocenters.